The van der Waals surface area contributed by atoms with E-state index in [2.05, 4.69) is 29.5 Å². The Morgan fingerprint density at radius 2 is 2.00 bits per heavy atom. The van der Waals surface area contributed by atoms with Crippen LogP contribution in [-0.2, 0) is 13.1 Å². The first-order valence-electron chi connectivity index (χ1n) is 7.13. The number of rotatable bonds is 4. The lowest BCUT2D eigenvalue weighted by molar-refractivity contribution is 0.628. The zero-order valence-corrected chi connectivity index (χ0v) is 12.2. The molecule has 0 bridgehead atoms. The van der Waals surface area contributed by atoms with E-state index in [0.29, 0.717) is 12.2 Å². The average Bonchev–Trinajstić information content (AvgIpc) is 2.85. The minimum absolute atomic E-state index is 0.228. The van der Waals surface area contributed by atoms with Crippen LogP contribution in [0.4, 0.5) is 10.1 Å². The molecule has 0 fully saturated rings. The number of anilines is 1. The van der Waals surface area contributed by atoms with Crippen LogP contribution in [0.1, 0.15) is 18.2 Å². The van der Waals surface area contributed by atoms with Crippen molar-refractivity contribution in [3.63, 3.8) is 0 Å². The highest BCUT2D eigenvalue weighted by Crippen LogP contribution is 2.21. The first kappa shape index (κ1) is 13.6. The Hall–Kier alpha value is -2.36. The monoisotopic (exact) mass is 283 g/mol. The van der Waals surface area contributed by atoms with Crippen LogP contribution < -0.4 is 5.32 Å². The van der Waals surface area contributed by atoms with E-state index in [1.54, 1.807) is 6.07 Å². The maximum Gasteiger partial charge on any atom is 0.146 e. The highest BCUT2D eigenvalue weighted by molar-refractivity contribution is 5.82. The molecule has 0 saturated carbocycles. The van der Waals surface area contributed by atoms with Gasteiger partial charge in [-0.2, -0.15) is 5.10 Å². The van der Waals surface area contributed by atoms with Gasteiger partial charge in [0.1, 0.15) is 5.82 Å². The molecule has 0 atom stereocenters. The lowest BCUT2D eigenvalue weighted by Crippen LogP contribution is -2.04. The van der Waals surface area contributed by atoms with Gasteiger partial charge >= 0.3 is 0 Å². The Morgan fingerprint density at radius 1 is 1.19 bits per heavy atom. The van der Waals surface area contributed by atoms with Crippen LogP contribution in [0.2, 0.25) is 0 Å². The van der Waals surface area contributed by atoms with Crippen LogP contribution in [-0.4, -0.2) is 9.78 Å². The van der Waals surface area contributed by atoms with E-state index < -0.39 is 0 Å². The van der Waals surface area contributed by atoms with Gasteiger partial charge in [-0.3, -0.25) is 4.68 Å². The number of nitrogens with one attached hydrogen (secondary N) is 1. The van der Waals surface area contributed by atoms with Crippen molar-refractivity contribution in [2.45, 2.75) is 26.9 Å². The maximum atomic E-state index is 13.9. The number of aromatic nitrogens is 2. The van der Waals surface area contributed by atoms with E-state index in [1.807, 2.05) is 29.8 Å². The molecule has 2 aromatic carbocycles. The lowest BCUT2D eigenvalue weighted by Gasteiger charge is -2.06. The van der Waals surface area contributed by atoms with E-state index >= 15 is 0 Å². The second-order valence-electron chi connectivity index (χ2n) is 5.12. The van der Waals surface area contributed by atoms with Gasteiger partial charge in [0.2, 0.25) is 0 Å². The van der Waals surface area contributed by atoms with Gasteiger partial charge in [0, 0.05) is 11.9 Å². The fraction of sp³-hybridized carbons (Fsp3) is 0.235. The second-order valence-corrected chi connectivity index (χ2v) is 5.12. The standard InChI is InChI=1S/C17H18FN3/c1-3-21-17-7-5-4-6-13(17)16(20-21)11-19-15-9-8-12(2)10-14(15)18/h4-10,19H,3,11H2,1-2H3. The molecule has 0 radical (unpaired) electrons. The predicted octanol–water partition coefficient (Wildman–Crippen LogP) is 4.12. The van der Waals surface area contributed by atoms with E-state index in [9.17, 15) is 4.39 Å². The Bertz CT molecular complexity index is 777. The molecule has 0 unspecified atom stereocenters. The van der Waals surface area contributed by atoms with Gasteiger partial charge in [-0.1, -0.05) is 24.3 Å². The van der Waals surface area contributed by atoms with Gasteiger partial charge in [0.25, 0.3) is 0 Å². The highest BCUT2D eigenvalue weighted by Gasteiger charge is 2.09. The smallest absolute Gasteiger partial charge is 0.146 e. The number of hydrogen-bond acceptors (Lipinski definition) is 2. The molecule has 1 N–H and O–H groups in total. The first-order valence-corrected chi connectivity index (χ1v) is 7.13. The number of aryl methyl sites for hydroxylation is 2. The summed E-state index contributed by atoms with van der Waals surface area (Å²) in [6.07, 6.45) is 0. The minimum Gasteiger partial charge on any atom is -0.377 e. The molecule has 3 aromatic rings. The fourth-order valence-electron chi connectivity index (χ4n) is 2.51. The summed E-state index contributed by atoms with van der Waals surface area (Å²) in [4.78, 5) is 0. The largest absolute Gasteiger partial charge is 0.377 e. The van der Waals surface area contributed by atoms with Crippen molar-refractivity contribution in [2.24, 2.45) is 0 Å². The molecular weight excluding hydrogens is 265 g/mol. The Labute approximate surface area is 123 Å². The van der Waals surface area contributed by atoms with E-state index in [4.69, 9.17) is 0 Å². The average molecular weight is 283 g/mol. The van der Waals surface area contributed by atoms with Crippen molar-refractivity contribution in [1.82, 2.24) is 9.78 Å². The molecule has 0 amide bonds. The van der Waals surface area contributed by atoms with E-state index in [1.165, 1.54) is 6.07 Å². The van der Waals surface area contributed by atoms with Gasteiger partial charge in [-0.15, -0.1) is 0 Å². The number of halogens is 1. The third kappa shape index (κ3) is 2.61. The summed E-state index contributed by atoms with van der Waals surface area (Å²) >= 11 is 0. The third-order valence-electron chi connectivity index (χ3n) is 3.60. The maximum absolute atomic E-state index is 13.9. The summed E-state index contributed by atoms with van der Waals surface area (Å²) in [5.41, 5.74) is 3.48. The summed E-state index contributed by atoms with van der Waals surface area (Å²) in [6, 6.07) is 13.3. The molecule has 3 rings (SSSR count). The second kappa shape index (κ2) is 5.56. The van der Waals surface area contributed by atoms with Crippen molar-refractivity contribution in [3.05, 3.63) is 59.5 Å². The molecule has 1 heterocycles. The molecular formula is C17H18FN3. The molecule has 0 aliphatic heterocycles. The van der Waals surface area contributed by atoms with Gasteiger partial charge in [-0.05, 0) is 37.6 Å². The van der Waals surface area contributed by atoms with Crippen LogP contribution in [0.15, 0.2) is 42.5 Å². The topological polar surface area (TPSA) is 29.9 Å². The third-order valence-corrected chi connectivity index (χ3v) is 3.60. The molecule has 108 valence electrons. The Balaban J connectivity index is 1.88. The van der Waals surface area contributed by atoms with Gasteiger partial charge in [-0.25, -0.2) is 4.39 Å². The molecule has 0 aliphatic carbocycles. The van der Waals surface area contributed by atoms with Crippen LogP contribution >= 0.6 is 0 Å². The molecule has 0 aliphatic rings. The highest BCUT2D eigenvalue weighted by atomic mass is 19.1. The molecule has 21 heavy (non-hydrogen) atoms. The summed E-state index contributed by atoms with van der Waals surface area (Å²) < 4.78 is 15.8. The van der Waals surface area contributed by atoms with Crippen LogP contribution in [0.5, 0.6) is 0 Å². The molecule has 3 nitrogen and oxygen atoms in total. The fourth-order valence-corrected chi connectivity index (χ4v) is 2.51. The summed E-state index contributed by atoms with van der Waals surface area (Å²) in [5, 5.41) is 8.85. The van der Waals surface area contributed by atoms with Gasteiger partial charge in [0.05, 0.1) is 23.4 Å². The normalized spacial score (nSPS) is 11.0. The quantitative estimate of drug-likeness (QED) is 0.780. The van der Waals surface area contributed by atoms with Crippen molar-refractivity contribution < 1.29 is 4.39 Å². The first-order chi connectivity index (χ1) is 10.2. The van der Waals surface area contributed by atoms with Crippen molar-refractivity contribution in [2.75, 3.05) is 5.32 Å². The van der Waals surface area contributed by atoms with Crippen LogP contribution in [0.25, 0.3) is 10.9 Å². The van der Waals surface area contributed by atoms with Crippen molar-refractivity contribution in [1.29, 1.82) is 0 Å². The predicted molar refractivity (Wildman–Crippen MR) is 83.9 cm³/mol. The lowest BCUT2D eigenvalue weighted by atomic mass is 10.2. The zero-order chi connectivity index (χ0) is 14.8. The van der Waals surface area contributed by atoms with Crippen LogP contribution in [0, 0.1) is 12.7 Å². The number of hydrogen-bond donors (Lipinski definition) is 1. The van der Waals surface area contributed by atoms with Crippen molar-refractivity contribution in [3.8, 4) is 0 Å². The zero-order valence-electron chi connectivity index (χ0n) is 12.2. The molecule has 0 saturated heterocycles. The van der Waals surface area contributed by atoms with Crippen molar-refractivity contribution >= 4 is 16.6 Å². The molecule has 0 spiro atoms. The summed E-state index contributed by atoms with van der Waals surface area (Å²) in [6.45, 7) is 5.27. The number of para-hydroxylation sites is 1. The number of fused-ring (bicyclic) bond motifs is 1. The summed E-state index contributed by atoms with van der Waals surface area (Å²) in [7, 11) is 0. The van der Waals surface area contributed by atoms with E-state index in [0.717, 1.165) is 28.7 Å². The van der Waals surface area contributed by atoms with Gasteiger partial charge < -0.3 is 5.32 Å². The number of nitrogens with zero attached hydrogens (tertiary/aromatic N) is 2. The molecule has 1 aromatic heterocycles. The summed E-state index contributed by atoms with van der Waals surface area (Å²) in [5.74, 6) is -0.228. The van der Waals surface area contributed by atoms with Crippen LogP contribution in [0.3, 0.4) is 0 Å². The number of benzene rings is 2. The Morgan fingerprint density at radius 3 is 2.76 bits per heavy atom. The van der Waals surface area contributed by atoms with Gasteiger partial charge in [0.15, 0.2) is 0 Å². The Kier molecular flexibility index (Phi) is 3.60. The molecule has 4 heteroatoms. The SMILES string of the molecule is CCn1nc(CNc2ccc(C)cc2F)c2ccccc21. The minimum atomic E-state index is -0.228. The van der Waals surface area contributed by atoms with E-state index in [-0.39, 0.29) is 5.82 Å².